The average Bonchev–Trinajstić information content (AvgIpc) is 2.95. The van der Waals surface area contributed by atoms with Crippen LogP contribution in [0.4, 0.5) is 0 Å². The molecule has 0 aromatic heterocycles. The van der Waals surface area contributed by atoms with E-state index in [0.717, 1.165) is 29.6 Å². The molecule has 3 aliphatic rings. The Bertz CT molecular complexity index is 342. The third-order valence-corrected chi connectivity index (χ3v) is 5.82. The first kappa shape index (κ1) is 12.5. The lowest BCUT2D eigenvalue weighted by atomic mass is 9.59. The Balaban J connectivity index is 1.73. The Morgan fingerprint density at radius 1 is 1.22 bits per heavy atom. The summed E-state index contributed by atoms with van der Waals surface area (Å²) in [5.74, 6) is 4.35. The van der Waals surface area contributed by atoms with Crippen molar-refractivity contribution in [3.8, 4) is 0 Å². The Kier molecular flexibility index (Phi) is 2.76. The number of rotatable bonds is 3. The third-order valence-electron chi connectivity index (χ3n) is 5.82. The van der Waals surface area contributed by atoms with Crippen LogP contribution in [0.1, 0.15) is 53.4 Å². The van der Waals surface area contributed by atoms with E-state index < -0.39 is 0 Å². The molecule has 0 amide bonds. The molecule has 2 bridgehead atoms. The fourth-order valence-corrected chi connectivity index (χ4v) is 5.14. The minimum Gasteiger partial charge on any atom is -0.463 e. The molecule has 0 heterocycles. The molecule has 4 unspecified atom stereocenters. The molecule has 102 valence electrons. The van der Waals surface area contributed by atoms with Gasteiger partial charge in [-0.3, -0.25) is 4.79 Å². The Morgan fingerprint density at radius 3 is 2.28 bits per heavy atom. The van der Waals surface area contributed by atoms with E-state index in [0.29, 0.717) is 6.42 Å². The number of carbonyl (C=O) groups is 1. The summed E-state index contributed by atoms with van der Waals surface area (Å²) in [4.78, 5) is 12.0. The minimum absolute atomic E-state index is 0.0239. The van der Waals surface area contributed by atoms with E-state index in [4.69, 9.17) is 4.74 Å². The molecule has 0 N–H and O–H groups in total. The Hall–Kier alpha value is -0.530. The van der Waals surface area contributed by atoms with Gasteiger partial charge in [0.05, 0.1) is 12.5 Å². The van der Waals surface area contributed by atoms with Gasteiger partial charge in [0, 0.05) is 0 Å². The molecule has 0 aromatic rings. The van der Waals surface area contributed by atoms with Crippen molar-refractivity contribution in [2.45, 2.75) is 59.5 Å². The van der Waals surface area contributed by atoms with Gasteiger partial charge in [-0.1, -0.05) is 13.8 Å². The van der Waals surface area contributed by atoms with E-state index in [1.165, 1.54) is 19.3 Å². The van der Waals surface area contributed by atoms with Gasteiger partial charge in [0.25, 0.3) is 0 Å². The molecule has 4 atom stereocenters. The van der Waals surface area contributed by atoms with Crippen molar-refractivity contribution in [1.82, 2.24) is 0 Å². The Morgan fingerprint density at radius 2 is 1.78 bits per heavy atom. The molecule has 0 saturated heterocycles. The van der Waals surface area contributed by atoms with Gasteiger partial charge in [-0.15, -0.1) is 0 Å². The molecule has 0 spiro atoms. The number of ether oxygens (including phenoxy) is 1. The van der Waals surface area contributed by atoms with Gasteiger partial charge in [-0.25, -0.2) is 0 Å². The van der Waals surface area contributed by atoms with Gasteiger partial charge in [-0.05, 0) is 68.1 Å². The maximum atomic E-state index is 12.0. The van der Waals surface area contributed by atoms with Crippen molar-refractivity contribution in [1.29, 1.82) is 0 Å². The zero-order valence-corrected chi connectivity index (χ0v) is 12.1. The van der Waals surface area contributed by atoms with Gasteiger partial charge in [0.2, 0.25) is 0 Å². The van der Waals surface area contributed by atoms with Gasteiger partial charge in [0.1, 0.15) is 0 Å². The molecule has 18 heavy (non-hydrogen) atoms. The molecule has 3 saturated carbocycles. The van der Waals surface area contributed by atoms with Crippen molar-refractivity contribution < 1.29 is 9.53 Å². The largest absolute Gasteiger partial charge is 0.463 e. The number of hydrogen-bond donors (Lipinski definition) is 0. The van der Waals surface area contributed by atoms with Crippen molar-refractivity contribution in [2.24, 2.45) is 35.0 Å². The highest BCUT2D eigenvalue weighted by molar-refractivity contribution is 5.70. The molecular formula is C16H26O2. The molecular weight excluding hydrogens is 224 g/mol. The topological polar surface area (TPSA) is 26.3 Å². The van der Waals surface area contributed by atoms with E-state index in [1.54, 1.807) is 0 Å². The number of carbonyl (C=O) groups excluding carboxylic acids is 1. The quantitative estimate of drug-likeness (QED) is 0.715. The van der Waals surface area contributed by atoms with Crippen LogP contribution in [0.2, 0.25) is 0 Å². The number of fused-ring (bicyclic) bond motifs is 5. The van der Waals surface area contributed by atoms with E-state index in [1.807, 2.05) is 13.8 Å². The fourth-order valence-electron chi connectivity index (χ4n) is 5.14. The number of hydrogen-bond acceptors (Lipinski definition) is 2. The van der Waals surface area contributed by atoms with Gasteiger partial charge >= 0.3 is 5.97 Å². The summed E-state index contributed by atoms with van der Waals surface area (Å²) >= 11 is 0. The normalized spacial score (nSPS) is 49.1. The monoisotopic (exact) mass is 250 g/mol. The van der Waals surface area contributed by atoms with Crippen LogP contribution in [0.25, 0.3) is 0 Å². The predicted molar refractivity (Wildman–Crippen MR) is 70.9 cm³/mol. The molecule has 3 fully saturated rings. The van der Waals surface area contributed by atoms with Crippen LogP contribution >= 0.6 is 0 Å². The maximum absolute atomic E-state index is 12.0. The summed E-state index contributed by atoms with van der Waals surface area (Å²) in [6.45, 7) is 8.63. The van der Waals surface area contributed by atoms with Gasteiger partial charge in [-0.2, -0.15) is 0 Å². The SMILES string of the molecule is CC1CC2C3CC3C(C1)C2(C)CC(=O)OC(C)C. The first-order valence-corrected chi connectivity index (χ1v) is 7.61. The molecule has 0 aliphatic heterocycles. The van der Waals surface area contributed by atoms with Crippen LogP contribution in [0.5, 0.6) is 0 Å². The summed E-state index contributed by atoms with van der Waals surface area (Å²) < 4.78 is 5.38. The molecule has 2 heteroatoms. The van der Waals surface area contributed by atoms with Crippen LogP contribution in [0, 0.1) is 35.0 Å². The van der Waals surface area contributed by atoms with Crippen LogP contribution in [-0.4, -0.2) is 12.1 Å². The lowest BCUT2D eigenvalue weighted by Gasteiger charge is -2.45. The second-order valence-electron chi connectivity index (χ2n) is 7.57. The molecule has 0 aromatic carbocycles. The highest BCUT2D eigenvalue weighted by Crippen LogP contribution is 2.73. The van der Waals surface area contributed by atoms with Gasteiger partial charge < -0.3 is 4.74 Å². The van der Waals surface area contributed by atoms with Crippen molar-refractivity contribution in [2.75, 3.05) is 0 Å². The lowest BCUT2D eigenvalue weighted by molar-refractivity contribution is -0.153. The lowest BCUT2D eigenvalue weighted by Crippen LogP contribution is -2.40. The average molecular weight is 250 g/mol. The zero-order valence-electron chi connectivity index (χ0n) is 12.1. The van der Waals surface area contributed by atoms with E-state index >= 15 is 0 Å². The maximum Gasteiger partial charge on any atom is 0.306 e. The molecule has 2 nitrogen and oxygen atoms in total. The van der Waals surface area contributed by atoms with E-state index in [2.05, 4.69) is 13.8 Å². The highest BCUT2D eigenvalue weighted by Gasteiger charge is 2.67. The first-order valence-electron chi connectivity index (χ1n) is 7.61. The summed E-state index contributed by atoms with van der Waals surface area (Å²) in [7, 11) is 0. The van der Waals surface area contributed by atoms with Crippen molar-refractivity contribution in [3.63, 3.8) is 0 Å². The second kappa shape index (κ2) is 3.98. The predicted octanol–water partition coefficient (Wildman–Crippen LogP) is 3.65. The second-order valence-corrected chi connectivity index (χ2v) is 7.57. The number of esters is 1. The zero-order chi connectivity index (χ0) is 13.1. The summed E-state index contributed by atoms with van der Waals surface area (Å²) in [6, 6.07) is 0. The van der Waals surface area contributed by atoms with E-state index in [-0.39, 0.29) is 17.5 Å². The van der Waals surface area contributed by atoms with Crippen molar-refractivity contribution >= 4 is 5.97 Å². The van der Waals surface area contributed by atoms with Crippen molar-refractivity contribution in [3.05, 3.63) is 0 Å². The van der Waals surface area contributed by atoms with Crippen LogP contribution in [0.3, 0.4) is 0 Å². The van der Waals surface area contributed by atoms with Crippen LogP contribution in [0.15, 0.2) is 0 Å². The van der Waals surface area contributed by atoms with E-state index in [9.17, 15) is 4.79 Å². The molecule has 3 rings (SSSR count). The standard InChI is InChI=1S/C16H26O2/c1-9(2)18-15(17)8-16(4)13-5-10(3)6-14(16)12-7-11(12)13/h9-14H,5-8H2,1-4H3. The minimum atomic E-state index is 0.0239. The Labute approximate surface area is 110 Å². The summed E-state index contributed by atoms with van der Waals surface area (Å²) in [6.07, 6.45) is 4.79. The van der Waals surface area contributed by atoms with Crippen LogP contribution in [-0.2, 0) is 9.53 Å². The molecule has 3 aliphatic carbocycles. The van der Waals surface area contributed by atoms with Crippen LogP contribution < -0.4 is 0 Å². The first-order chi connectivity index (χ1) is 8.41. The fraction of sp³-hybridized carbons (Fsp3) is 0.938. The molecule has 0 radical (unpaired) electrons. The smallest absolute Gasteiger partial charge is 0.306 e. The summed E-state index contributed by atoms with van der Waals surface area (Å²) in [5.41, 5.74) is 0.242. The summed E-state index contributed by atoms with van der Waals surface area (Å²) in [5, 5.41) is 0. The third kappa shape index (κ3) is 1.80. The highest BCUT2D eigenvalue weighted by atomic mass is 16.5. The van der Waals surface area contributed by atoms with Gasteiger partial charge in [0.15, 0.2) is 0 Å².